The molecule has 4 heteroatoms. The normalized spacial score (nSPS) is 13.9. The summed E-state index contributed by atoms with van der Waals surface area (Å²) < 4.78 is 0. The second-order valence-corrected chi connectivity index (χ2v) is 6.07. The van der Waals surface area contributed by atoms with Crippen LogP contribution in [0.15, 0.2) is 48.7 Å². The number of anilines is 1. The zero-order valence-electron chi connectivity index (χ0n) is 14.8. The molecule has 0 spiro atoms. The Morgan fingerprint density at radius 3 is 2.36 bits per heavy atom. The summed E-state index contributed by atoms with van der Waals surface area (Å²) >= 11 is 0. The van der Waals surface area contributed by atoms with Crippen LogP contribution < -0.4 is 16.4 Å². The van der Waals surface area contributed by atoms with E-state index in [1.165, 1.54) is 42.6 Å². The van der Waals surface area contributed by atoms with E-state index in [2.05, 4.69) is 29.7 Å². The van der Waals surface area contributed by atoms with Crippen molar-refractivity contribution in [2.75, 3.05) is 18.8 Å². The van der Waals surface area contributed by atoms with E-state index in [0.717, 1.165) is 12.2 Å². The van der Waals surface area contributed by atoms with Crippen molar-refractivity contribution in [3.05, 3.63) is 70.9 Å². The number of nitrogen functional groups attached to an aromatic ring is 1. The van der Waals surface area contributed by atoms with E-state index in [1.54, 1.807) is 12.1 Å². The minimum atomic E-state index is 0.715. The summed E-state index contributed by atoms with van der Waals surface area (Å²) in [4.78, 5) is 0. The first-order valence-electron chi connectivity index (χ1n) is 8.65. The van der Waals surface area contributed by atoms with E-state index < -0.39 is 0 Å². The molecule has 2 aromatic carbocycles. The van der Waals surface area contributed by atoms with E-state index in [4.69, 9.17) is 11.0 Å². The van der Waals surface area contributed by atoms with Crippen LogP contribution in [0, 0.1) is 18.3 Å². The summed E-state index contributed by atoms with van der Waals surface area (Å²) in [5.41, 5.74) is 11.1. The van der Waals surface area contributed by atoms with Gasteiger partial charge in [-0.2, -0.15) is 5.26 Å². The zero-order chi connectivity index (χ0) is 17.9. The predicted molar refractivity (Wildman–Crippen MR) is 105 cm³/mol. The average Bonchev–Trinajstić information content (AvgIpc) is 3.23. The van der Waals surface area contributed by atoms with Crippen LogP contribution >= 0.6 is 0 Å². The molecule has 0 amide bonds. The lowest BCUT2D eigenvalue weighted by molar-refractivity contribution is 0.857. The molecule has 0 aliphatic carbocycles. The molecule has 1 saturated heterocycles. The largest absolute Gasteiger partial charge is 0.398 e. The highest BCUT2D eigenvalue weighted by Gasteiger charge is 2.07. The number of nitrogens with one attached hydrogen (secondary N) is 2. The molecule has 0 radical (unpaired) electrons. The topological polar surface area (TPSA) is 73.9 Å². The summed E-state index contributed by atoms with van der Waals surface area (Å²) in [7, 11) is 0. The summed E-state index contributed by atoms with van der Waals surface area (Å²) in [6.45, 7) is 5.41. The average molecular weight is 334 g/mol. The third-order valence-electron chi connectivity index (χ3n) is 3.98. The third kappa shape index (κ3) is 6.33. The maximum atomic E-state index is 8.29. The standard InChI is InChI=1S/C10H12N2.C7H5N.C4H9N/c1-7-4-8-2-3-12-6-9(8)10(11)5-7;8-6-7-4-2-1-3-5-7;1-2-4-5-3-1/h2-5,12H,6,11H2,1H3;1-5H;5H,1-4H2. The molecule has 4 rings (SSSR count). The van der Waals surface area contributed by atoms with Gasteiger partial charge >= 0.3 is 0 Å². The Morgan fingerprint density at radius 2 is 1.80 bits per heavy atom. The predicted octanol–water partition coefficient (Wildman–Crippen LogP) is 3.58. The molecule has 0 saturated carbocycles. The van der Waals surface area contributed by atoms with Crippen molar-refractivity contribution in [1.82, 2.24) is 10.6 Å². The number of hydrogen-bond donors (Lipinski definition) is 3. The fourth-order valence-electron chi connectivity index (χ4n) is 2.67. The van der Waals surface area contributed by atoms with E-state index >= 15 is 0 Å². The molecule has 0 unspecified atom stereocenters. The lowest BCUT2D eigenvalue weighted by Crippen LogP contribution is -2.12. The number of benzene rings is 2. The van der Waals surface area contributed by atoms with Gasteiger partial charge in [-0.3, -0.25) is 0 Å². The van der Waals surface area contributed by atoms with Gasteiger partial charge in [0.1, 0.15) is 0 Å². The number of nitrogens with two attached hydrogens (primary N) is 1. The molecule has 2 aliphatic heterocycles. The van der Waals surface area contributed by atoms with Gasteiger partial charge in [-0.25, -0.2) is 0 Å². The Labute approximate surface area is 150 Å². The minimum Gasteiger partial charge on any atom is -0.398 e. The van der Waals surface area contributed by atoms with Crippen molar-refractivity contribution in [2.45, 2.75) is 26.3 Å². The minimum absolute atomic E-state index is 0.715. The summed E-state index contributed by atoms with van der Waals surface area (Å²) in [5.74, 6) is 0. The molecule has 0 aromatic heterocycles. The summed E-state index contributed by atoms with van der Waals surface area (Å²) in [6, 6.07) is 15.3. The number of aryl methyl sites for hydroxylation is 1. The van der Waals surface area contributed by atoms with Crippen molar-refractivity contribution in [1.29, 1.82) is 5.26 Å². The number of hydrogen-bond acceptors (Lipinski definition) is 4. The number of rotatable bonds is 0. The van der Waals surface area contributed by atoms with Crippen LogP contribution in [0.5, 0.6) is 0 Å². The Kier molecular flexibility index (Phi) is 7.55. The smallest absolute Gasteiger partial charge is 0.0991 e. The second-order valence-electron chi connectivity index (χ2n) is 6.07. The highest BCUT2D eigenvalue weighted by molar-refractivity contribution is 5.65. The molecule has 1 fully saturated rings. The molecule has 2 aliphatic rings. The van der Waals surface area contributed by atoms with Gasteiger partial charge < -0.3 is 16.4 Å². The van der Waals surface area contributed by atoms with Gasteiger partial charge in [-0.1, -0.05) is 24.3 Å². The Morgan fingerprint density at radius 1 is 1.08 bits per heavy atom. The fourth-order valence-corrected chi connectivity index (χ4v) is 2.67. The highest BCUT2D eigenvalue weighted by atomic mass is 14.9. The van der Waals surface area contributed by atoms with Crippen molar-refractivity contribution in [2.24, 2.45) is 0 Å². The van der Waals surface area contributed by atoms with Crippen molar-refractivity contribution < 1.29 is 0 Å². The fraction of sp³-hybridized carbons (Fsp3) is 0.286. The molecule has 0 atom stereocenters. The van der Waals surface area contributed by atoms with Crippen molar-refractivity contribution in [3.63, 3.8) is 0 Å². The van der Waals surface area contributed by atoms with Crippen LogP contribution in [0.2, 0.25) is 0 Å². The number of nitriles is 1. The van der Waals surface area contributed by atoms with Gasteiger partial charge in [-0.05, 0) is 74.5 Å². The van der Waals surface area contributed by atoms with E-state index in [9.17, 15) is 0 Å². The quantitative estimate of drug-likeness (QED) is 0.644. The van der Waals surface area contributed by atoms with Gasteiger partial charge in [0.15, 0.2) is 0 Å². The monoisotopic (exact) mass is 334 g/mol. The summed E-state index contributed by atoms with van der Waals surface area (Å²) in [6.07, 6.45) is 6.80. The van der Waals surface area contributed by atoms with E-state index in [0.29, 0.717) is 5.56 Å². The van der Waals surface area contributed by atoms with Crippen molar-refractivity contribution in [3.8, 4) is 6.07 Å². The van der Waals surface area contributed by atoms with Crippen LogP contribution in [-0.4, -0.2) is 13.1 Å². The van der Waals surface area contributed by atoms with Gasteiger partial charge in [0.25, 0.3) is 0 Å². The van der Waals surface area contributed by atoms with Gasteiger partial charge in [0.2, 0.25) is 0 Å². The third-order valence-corrected chi connectivity index (χ3v) is 3.98. The van der Waals surface area contributed by atoms with Crippen molar-refractivity contribution >= 4 is 11.8 Å². The Bertz CT molecular complexity index is 718. The van der Waals surface area contributed by atoms with Crippen LogP contribution in [0.3, 0.4) is 0 Å². The molecule has 0 bridgehead atoms. The van der Waals surface area contributed by atoms with Gasteiger partial charge in [0.05, 0.1) is 11.6 Å². The molecular weight excluding hydrogens is 308 g/mol. The lowest BCUT2D eigenvalue weighted by atomic mass is 10.0. The van der Waals surface area contributed by atoms with Gasteiger partial charge in [-0.15, -0.1) is 0 Å². The maximum Gasteiger partial charge on any atom is 0.0991 e. The van der Waals surface area contributed by atoms with Crippen LogP contribution in [0.4, 0.5) is 5.69 Å². The maximum absolute atomic E-state index is 8.29. The second kappa shape index (κ2) is 10.2. The van der Waals surface area contributed by atoms with Crippen LogP contribution in [0.25, 0.3) is 6.08 Å². The summed E-state index contributed by atoms with van der Waals surface area (Å²) in [5, 5.41) is 14.7. The Balaban J connectivity index is 0.000000149. The lowest BCUT2D eigenvalue weighted by Gasteiger charge is -2.15. The molecule has 4 N–H and O–H groups in total. The molecule has 2 aromatic rings. The molecule has 25 heavy (non-hydrogen) atoms. The molecule has 4 nitrogen and oxygen atoms in total. The highest BCUT2D eigenvalue weighted by Crippen LogP contribution is 2.22. The first-order valence-corrected chi connectivity index (χ1v) is 8.65. The first kappa shape index (κ1) is 18.6. The van der Waals surface area contributed by atoms with Crippen LogP contribution in [0.1, 0.15) is 35.1 Å². The van der Waals surface area contributed by atoms with E-state index in [-0.39, 0.29) is 0 Å². The molecule has 130 valence electrons. The Hall–Kier alpha value is -2.77. The van der Waals surface area contributed by atoms with E-state index in [1.807, 2.05) is 36.5 Å². The molecular formula is C21H26N4. The zero-order valence-corrected chi connectivity index (χ0v) is 14.8. The number of fused-ring (bicyclic) bond motifs is 1. The van der Waals surface area contributed by atoms with Crippen LogP contribution in [-0.2, 0) is 6.54 Å². The first-order chi connectivity index (χ1) is 12.2. The SMILES string of the molecule is C1CCNC1.Cc1cc(N)c2c(c1)C=CNC2.N#Cc1ccccc1. The van der Waals surface area contributed by atoms with Gasteiger partial charge in [0, 0.05) is 17.8 Å². The molecule has 2 heterocycles. The number of nitrogens with zero attached hydrogens (tertiary/aromatic N) is 1.